The highest BCUT2D eigenvalue weighted by molar-refractivity contribution is 7.89. The number of rotatable bonds is 2. The molecule has 1 atom stereocenters. The molecule has 2 aliphatic heterocycles. The fraction of sp³-hybridized carbons (Fsp3) is 0.571. The van der Waals surface area contributed by atoms with Crippen LogP contribution in [0.4, 0.5) is 5.69 Å². The Hall–Kier alpha value is -1.11. The number of nitrogens with zero attached hydrogens (tertiary/aromatic N) is 2. The average Bonchev–Trinajstić information content (AvgIpc) is 2.85. The lowest BCUT2D eigenvalue weighted by atomic mass is 10.2. The lowest BCUT2D eigenvalue weighted by Gasteiger charge is -2.37. The molecule has 110 valence electrons. The van der Waals surface area contributed by atoms with Gasteiger partial charge in [-0.05, 0) is 44.2 Å². The fourth-order valence-corrected chi connectivity index (χ4v) is 4.72. The van der Waals surface area contributed by atoms with Crippen molar-refractivity contribution in [1.82, 2.24) is 9.21 Å². The Bertz CT molecular complexity index is 615. The van der Waals surface area contributed by atoms with E-state index in [9.17, 15) is 8.42 Å². The van der Waals surface area contributed by atoms with Crippen molar-refractivity contribution >= 4 is 15.7 Å². The summed E-state index contributed by atoms with van der Waals surface area (Å²) in [6.07, 6.45) is 0.900. The Kier molecular flexibility index (Phi) is 3.48. The Labute approximate surface area is 120 Å². The van der Waals surface area contributed by atoms with Gasteiger partial charge in [0.25, 0.3) is 0 Å². The van der Waals surface area contributed by atoms with Crippen LogP contribution in [0.15, 0.2) is 23.1 Å². The molecule has 0 spiro atoms. The molecule has 0 saturated carbocycles. The van der Waals surface area contributed by atoms with E-state index >= 15 is 0 Å². The summed E-state index contributed by atoms with van der Waals surface area (Å²) < 4.78 is 27.2. The van der Waals surface area contributed by atoms with E-state index in [0.29, 0.717) is 11.4 Å². The van der Waals surface area contributed by atoms with Gasteiger partial charge in [-0.25, -0.2) is 8.42 Å². The summed E-state index contributed by atoms with van der Waals surface area (Å²) in [6, 6.07) is 5.45. The van der Waals surface area contributed by atoms with E-state index in [2.05, 4.69) is 10.2 Å². The van der Waals surface area contributed by atoms with Gasteiger partial charge in [-0.15, -0.1) is 0 Å². The third-order valence-corrected chi connectivity index (χ3v) is 6.17. The summed E-state index contributed by atoms with van der Waals surface area (Å²) >= 11 is 0. The minimum Gasteiger partial charge on any atom is -0.384 e. The maximum atomic E-state index is 12.8. The number of piperazine rings is 1. The van der Waals surface area contributed by atoms with Crippen LogP contribution in [0, 0.1) is 0 Å². The summed E-state index contributed by atoms with van der Waals surface area (Å²) in [5, 5.41) is 3.26. The summed E-state index contributed by atoms with van der Waals surface area (Å²) in [7, 11) is -1.35. The number of hydrogen-bond donors (Lipinski definition) is 1. The number of nitrogens with one attached hydrogen (secondary N) is 1. The van der Waals surface area contributed by atoms with Gasteiger partial charge in [-0.3, -0.25) is 0 Å². The molecule has 0 bridgehead atoms. The predicted molar refractivity (Wildman–Crippen MR) is 79.5 cm³/mol. The first-order chi connectivity index (χ1) is 9.48. The van der Waals surface area contributed by atoms with Crippen LogP contribution in [-0.2, 0) is 16.4 Å². The summed E-state index contributed by atoms with van der Waals surface area (Å²) in [6.45, 7) is 5.00. The number of benzene rings is 1. The van der Waals surface area contributed by atoms with Crippen molar-refractivity contribution in [2.45, 2.75) is 24.3 Å². The molecule has 0 aliphatic carbocycles. The summed E-state index contributed by atoms with van der Waals surface area (Å²) in [5.41, 5.74) is 2.17. The van der Waals surface area contributed by atoms with Crippen molar-refractivity contribution in [2.75, 3.05) is 38.5 Å². The van der Waals surface area contributed by atoms with Gasteiger partial charge in [0.15, 0.2) is 0 Å². The first-order valence-electron chi connectivity index (χ1n) is 7.05. The van der Waals surface area contributed by atoms with Crippen LogP contribution in [0.1, 0.15) is 12.5 Å². The Morgan fingerprint density at radius 3 is 2.85 bits per heavy atom. The first kappa shape index (κ1) is 13.9. The molecule has 0 aromatic heterocycles. The topological polar surface area (TPSA) is 52.7 Å². The quantitative estimate of drug-likeness (QED) is 0.884. The minimum absolute atomic E-state index is 0.0186. The Balaban J connectivity index is 1.92. The SMILES string of the molecule is CC1CN(C)CCN1S(=O)(=O)c1ccc2c(c1)CCN2. The van der Waals surface area contributed by atoms with Crippen LogP contribution < -0.4 is 5.32 Å². The van der Waals surface area contributed by atoms with Gasteiger partial charge in [0.1, 0.15) is 0 Å². The van der Waals surface area contributed by atoms with E-state index in [1.165, 1.54) is 0 Å². The maximum absolute atomic E-state index is 12.8. The van der Waals surface area contributed by atoms with Gasteiger partial charge in [0.05, 0.1) is 4.90 Å². The van der Waals surface area contributed by atoms with Crippen LogP contribution in [-0.4, -0.2) is 56.9 Å². The molecule has 0 amide bonds. The molecule has 20 heavy (non-hydrogen) atoms. The van der Waals surface area contributed by atoms with Crippen LogP contribution in [0.3, 0.4) is 0 Å². The lowest BCUT2D eigenvalue weighted by molar-refractivity contribution is 0.170. The predicted octanol–water partition coefficient (Wildman–Crippen LogP) is 0.979. The minimum atomic E-state index is -3.38. The summed E-state index contributed by atoms with van der Waals surface area (Å²) in [5.74, 6) is 0. The van der Waals surface area contributed by atoms with Crippen LogP contribution in [0.25, 0.3) is 0 Å². The van der Waals surface area contributed by atoms with Crippen LogP contribution in [0.5, 0.6) is 0 Å². The van der Waals surface area contributed by atoms with Gasteiger partial charge in [-0.1, -0.05) is 0 Å². The van der Waals surface area contributed by atoms with Crippen LogP contribution >= 0.6 is 0 Å². The largest absolute Gasteiger partial charge is 0.384 e. The van der Waals surface area contributed by atoms with E-state index in [1.54, 1.807) is 10.4 Å². The molecule has 2 aliphatic rings. The van der Waals surface area contributed by atoms with Gasteiger partial charge in [-0.2, -0.15) is 4.31 Å². The molecule has 0 radical (unpaired) electrons. The van der Waals surface area contributed by atoms with E-state index in [4.69, 9.17) is 0 Å². The molecule has 6 heteroatoms. The highest BCUT2D eigenvalue weighted by atomic mass is 32.2. The van der Waals surface area contributed by atoms with Gasteiger partial charge >= 0.3 is 0 Å². The zero-order valence-corrected chi connectivity index (χ0v) is 12.8. The lowest BCUT2D eigenvalue weighted by Crippen LogP contribution is -2.52. The van der Waals surface area contributed by atoms with Crippen molar-refractivity contribution in [3.63, 3.8) is 0 Å². The number of fused-ring (bicyclic) bond motifs is 1. The third kappa shape index (κ3) is 2.32. The molecule has 1 N–H and O–H groups in total. The smallest absolute Gasteiger partial charge is 0.243 e. The molecule has 2 heterocycles. The molecule has 1 fully saturated rings. The normalized spacial score (nSPS) is 24.4. The second-order valence-electron chi connectivity index (χ2n) is 5.72. The maximum Gasteiger partial charge on any atom is 0.243 e. The monoisotopic (exact) mass is 295 g/mol. The highest BCUT2D eigenvalue weighted by Gasteiger charge is 2.33. The third-order valence-electron chi connectivity index (χ3n) is 4.16. The molecule has 1 saturated heterocycles. The van der Waals surface area contributed by atoms with Crippen LogP contribution in [0.2, 0.25) is 0 Å². The zero-order chi connectivity index (χ0) is 14.3. The molecular formula is C14H21N3O2S. The molecule has 3 rings (SSSR count). The Morgan fingerprint density at radius 2 is 2.10 bits per heavy atom. The van der Waals surface area contributed by atoms with E-state index in [-0.39, 0.29) is 6.04 Å². The molecule has 1 unspecified atom stereocenters. The molecule has 1 aromatic rings. The second-order valence-corrected chi connectivity index (χ2v) is 7.61. The van der Waals surface area contributed by atoms with Gasteiger partial charge < -0.3 is 10.2 Å². The van der Waals surface area contributed by atoms with E-state index in [0.717, 1.165) is 37.3 Å². The molecule has 1 aromatic carbocycles. The van der Waals surface area contributed by atoms with Crippen molar-refractivity contribution in [2.24, 2.45) is 0 Å². The number of hydrogen-bond acceptors (Lipinski definition) is 4. The first-order valence-corrected chi connectivity index (χ1v) is 8.49. The fourth-order valence-electron chi connectivity index (χ4n) is 3.06. The second kappa shape index (κ2) is 5.02. The Morgan fingerprint density at radius 1 is 1.30 bits per heavy atom. The van der Waals surface area contributed by atoms with Crippen molar-refractivity contribution in [3.8, 4) is 0 Å². The number of likely N-dealkylation sites (N-methyl/N-ethyl adjacent to an activating group) is 1. The zero-order valence-electron chi connectivity index (χ0n) is 12.0. The number of sulfonamides is 1. The standard InChI is InChI=1S/C14H21N3O2S/c1-11-10-16(2)7-8-17(11)20(18,19)13-3-4-14-12(9-13)5-6-15-14/h3-4,9,11,15H,5-8,10H2,1-2H3. The molecular weight excluding hydrogens is 274 g/mol. The van der Waals surface area contributed by atoms with Crippen molar-refractivity contribution < 1.29 is 8.42 Å². The van der Waals surface area contributed by atoms with Crippen molar-refractivity contribution in [1.29, 1.82) is 0 Å². The van der Waals surface area contributed by atoms with Crippen molar-refractivity contribution in [3.05, 3.63) is 23.8 Å². The number of anilines is 1. The van der Waals surface area contributed by atoms with E-state index < -0.39 is 10.0 Å². The summed E-state index contributed by atoms with van der Waals surface area (Å²) in [4.78, 5) is 2.60. The average molecular weight is 295 g/mol. The van der Waals surface area contributed by atoms with Gasteiger partial charge in [0.2, 0.25) is 10.0 Å². The van der Waals surface area contributed by atoms with E-state index in [1.807, 2.05) is 26.1 Å². The van der Waals surface area contributed by atoms with Gasteiger partial charge in [0, 0.05) is 37.9 Å². The molecule has 5 nitrogen and oxygen atoms in total. The highest BCUT2D eigenvalue weighted by Crippen LogP contribution is 2.28.